The number of benzene rings is 2. The largest absolute Gasteiger partial charge is 0.351 e. The lowest BCUT2D eigenvalue weighted by molar-refractivity contribution is 0.0957. The number of hydrogen-bond donors (Lipinski definition) is 1. The summed E-state index contributed by atoms with van der Waals surface area (Å²) in [6.07, 6.45) is 7.66. The number of hydrogen-bond acceptors (Lipinski definition) is 4. The molecule has 162 valence electrons. The minimum absolute atomic E-state index is 0.182. The molecule has 0 unspecified atom stereocenters. The topological polar surface area (TPSA) is 66.5 Å². The summed E-state index contributed by atoms with van der Waals surface area (Å²) >= 11 is 1.93. The van der Waals surface area contributed by atoms with E-state index < -0.39 is 10.0 Å². The van der Waals surface area contributed by atoms with Gasteiger partial charge in [-0.15, -0.1) is 0 Å². The Kier molecular flexibility index (Phi) is 8.22. The number of nitrogens with zero attached hydrogens (tertiary/aromatic N) is 1. The summed E-state index contributed by atoms with van der Waals surface area (Å²) in [6, 6.07) is 16.3. The lowest BCUT2D eigenvalue weighted by Gasteiger charge is -2.25. The maximum atomic E-state index is 12.9. The first-order valence-electron chi connectivity index (χ1n) is 10.5. The number of nitrogens with one attached hydrogen (secondary N) is 1. The molecule has 0 radical (unpaired) electrons. The van der Waals surface area contributed by atoms with Crippen molar-refractivity contribution in [3.8, 4) is 0 Å². The van der Waals surface area contributed by atoms with E-state index in [1.165, 1.54) is 42.7 Å². The SMILES string of the molecule is CS(=O)(=O)N(Cc1ccccc1)c1ccccc1C(=O)NCCSC1CCCCC1. The van der Waals surface area contributed by atoms with Crippen molar-refractivity contribution in [1.29, 1.82) is 0 Å². The lowest BCUT2D eigenvalue weighted by atomic mass is 10.0. The molecule has 1 saturated carbocycles. The molecule has 2 aromatic rings. The summed E-state index contributed by atoms with van der Waals surface area (Å²) in [5.41, 5.74) is 1.64. The summed E-state index contributed by atoms with van der Waals surface area (Å²) in [5, 5.41) is 3.67. The molecule has 1 N–H and O–H groups in total. The van der Waals surface area contributed by atoms with Crippen molar-refractivity contribution >= 4 is 33.4 Å². The van der Waals surface area contributed by atoms with Gasteiger partial charge in [0.15, 0.2) is 0 Å². The molecular weight excluding hydrogens is 416 g/mol. The zero-order valence-electron chi connectivity index (χ0n) is 17.4. The molecule has 2 aromatic carbocycles. The molecule has 7 heteroatoms. The number of rotatable bonds is 9. The van der Waals surface area contributed by atoms with E-state index in [1.54, 1.807) is 24.3 Å². The molecule has 1 aliphatic carbocycles. The smallest absolute Gasteiger partial charge is 0.253 e. The molecule has 0 bridgehead atoms. The first-order chi connectivity index (χ1) is 14.4. The van der Waals surface area contributed by atoms with E-state index in [9.17, 15) is 13.2 Å². The van der Waals surface area contributed by atoms with Gasteiger partial charge in [-0.2, -0.15) is 11.8 Å². The van der Waals surface area contributed by atoms with Crippen LogP contribution in [0.4, 0.5) is 5.69 Å². The molecule has 0 spiro atoms. The van der Waals surface area contributed by atoms with Crippen LogP contribution in [0.25, 0.3) is 0 Å². The van der Waals surface area contributed by atoms with Crippen molar-refractivity contribution in [2.75, 3.05) is 22.9 Å². The molecule has 0 saturated heterocycles. The number of amides is 1. The van der Waals surface area contributed by atoms with E-state index in [4.69, 9.17) is 0 Å². The molecule has 0 aromatic heterocycles. The Bertz CT molecular complexity index is 926. The van der Waals surface area contributed by atoms with Crippen LogP contribution in [-0.4, -0.2) is 38.1 Å². The lowest BCUT2D eigenvalue weighted by Crippen LogP contribution is -2.33. The molecule has 30 heavy (non-hydrogen) atoms. The molecule has 5 nitrogen and oxygen atoms in total. The van der Waals surface area contributed by atoms with Crippen LogP contribution in [0.1, 0.15) is 48.0 Å². The number of thioether (sulfide) groups is 1. The number of sulfonamides is 1. The highest BCUT2D eigenvalue weighted by atomic mass is 32.2. The van der Waals surface area contributed by atoms with Gasteiger partial charge in [0.25, 0.3) is 5.91 Å². The number of para-hydroxylation sites is 1. The van der Waals surface area contributed by atoms with E-state index in [0.29, 0.717) is 23.0 Å². The Morgan fingerprint density at radius 3 is 2.40 bits per heavy atom. The normalized spacial score (nSPS) is 15.0. The second-order valence-electron chi connectivity index (χ2n) is 7.66. The third-order valence-corrected chi connectivity index (χ3v) is 7.79. The first-order valence-corrected chi connectivity index (χ1v) is 13.4. The van der Waals surface area contributed by atoms with Gasteiger partial charge in [-0.25, -0.2) is 8.42 Å². The summed E-state index contributed by atoms with van der Waals surface area (Å²) in [7, 11) is -3.56. The van der Waals surface area contributed by atoms with Crippen molar-refractivity contribution in [2.45, 2.75) is 43.9 Å². The Balaban J connectivity index is 1.68. The quantitative estimate of drug-likeness (QED) is 0.578. The maximum Gasteiger partial charge on any atom is 0.253 e. The Hall–Kier alpha value is -1.99. The zero-order chi connectivity index (χ0) is 21.4. The fourth-order valence-electron chi connectivity index (χ4n) is 3.73. The first kappa shape index (κ1) is 22.7. The van der Waals surface area contributed by atoms with E-state index in [2.05, 4.69) is 5.32 Å². The summed E-state index contributed by atoms with van der Waals surface area (Å²) in [5.74, 6) is 0.634. The second kappa shape index (κ2) is 10.9. The molecule has 1 aliphatic rings. The van der Waals surface area contributed by atoms with E-state index in [-0.39, 0.29) is 12.5 Å². The van der Waals surface area contributed by atoms with Gasteiger partial charge in [0.2, 0.25) is 10.0 Å². The van der Waals surface area contributed by atoms with Crippen LogP contribution in [0, 0.1) is 0 Å². The third-order valence-electron chi connectivity index (χ3n) is 5.28. The highest BCUT2D eigenvalue weighted by molar-refractivity contribution is 7.99. The van der Waals surface area contributed by atoms with Crippen molar-refractivity contribution in [3.63, 3.8) is 0 Å². The van der Waals surface area contributed by atoms with Crippen LogP contribution >= 0.6 is 11.8 Å². The predicted molar refractivity (Wildman–Crippen MR) is 126 cm³/mol. The van der Waals surface area contributed by atoms with Crippen molar-refractivity contribution in [3.05, 3.63) is 65.7 Å². The van der Waals surface area contributed by atoms with Gasteiger partial charge in [0.1, 0.15) is 0 Å². The Morgan fingerprint density at radius 1 is 1.03 bits per heavy atom. The fourth-order valence-corrected chi connectivity index (χ4v) is 5.85. The van der Waals surface area contributed by atoms with Gasteiger partial charge in [0.05, 0.1) is 24.1 Å². The summed E-state index contributed by atoms with van der Waals surface area (Å²) in [4.78, 5) is 12.9. The average molecular weight is 447 g/mol. The van der Waals surface area contributed by atoms with Gasteiger partial charge in [-0.1, -0.05) is 61.7 Å². The molecular formula is C23H30N2O3S2. The molecule has 0 atom stereocenters. The van der Waals surface area contributed by atoms with Crippen molar-refractivity contribution < 1.29 is 13.2 Å². The van der Waals surface area contributed by atoms with Crippen LogP contribution < -0.4 is 9.62 Å². The highest BCUT2D eigenvalue weighted by Crippen LogP contribution is 2.28. The van der Waals surface area contributed by atoms with Gasteiger partial charge in [0, 0.05) is 17.5 Å². The third kappa shape index (κ3) is 6.51. The van der Waals surface area contributed by atoms with Crippen LogP contribution in [-0.2, 0) is 16.6 Å². The molecule has 0 aliphatic heterocycles. The standard InChI is InChI=1S/C23H30N2O3S2/c1-30(27,28)25(18-19-10-4-2-5-11-19)22-15-9-8-14-21(22)23(26)24-16-17-29-20-12-6-3-7-13-20/h2,4-5,8-11,14-15,20H,3,6-7,12-13,16-18H2,1H3,(H,24,26). The minimum Gasteiger partial charge on any atom is -0.351 e. The second-order valence-corrected chi connectivity index (χ2v) is 11.0. The molecule has 0 heterocycles. The average Bonchev–Trinajstić information content (AvgIpc) is 2.75. The highest BCUT2D eigenvalue weighted by Gasteiger charge is 2.23. The van der Waals surface area contributed by atoms with Crippen molar-refractivity contribution in [1.82, 2.24) is 5.32 Å². The number of anilines is 1. The monoisotopic (exact) mass is 446 g/mol. The number of carbonyl (C=O) groups excluding carboxylic acids is 1. The fraction of sp³-hybridized carbons (Fsp3) is 0.435. The Morgan fingerprint density at radius 2 is 1.70 bits per heavy atom. The van der Waals surface area contributed by atoms with Gasteiger partial charge in [-0.05, 0) is 30.5 Å². The van der Waals surface area contributed by atoms with Crippen LogP contribution in [0.5, 0.6) is 0 Å². The summed E-state index contributed by atoms with van der Waals surface area (Å²) in [6.45, 7) is 0.757. The maximum absolute atomic E-state index is 12.9. The van der Waals surface area contributed by atoms with Crippen LogP contribution in [0.15, 0.2) is 54.6 Å². The van der Waals surface area contributed by atoms with Crippen molar-refractivity contribution in [2.24, 2.45) is 0 Å². The molecule has 1 fully saturated rings. The van der Waals surface area contributed by atoms with E-state index in [1.807, 2.05) is 42.1 Å². The van der Waals surface area contributed by atoms with E-state index >= 15 is 0 Å². The molecule has 1 amide bonds. The van der Waals surface area contributed by atoms with Gasteiger partial charge in [-0.3, -0.25) is 9.10 Å². The summed E-state index contributed by atoms with van der Waals surface area (Å²) < 4.78 is 26.4. The molecule has 3 rings (SSSR count). The predicted octanol–water partition coefficient (Wildman–Crippen LogP) is 4.45. The minimum atomic E-state index is -3.56. The van der Waals surface area contributed by atoms with Crippen LogP contribution in [0.2, 0.25) is 0 Å². The Labute approximate surface area is 184 Å². The van der Waals surface area contributed by atoms with Crippen LogP contribution in [0.3, 0.4) is 0 Å². The number of carbonyl (C=O) groups is 1. The van der Waals surface area contributed by atoms with E-state index in [0.717, 1.165) is 11.3 Å². The zero-order valence-corrected chi connectivity index (χ0v) is 19.1. The van der Waals surface area contributed by atoms with Gasteiger partial charge < -0.3 is 5.32 Å². The van der Waals surface area contributed by atoms with Gasteiger partial charge >= 0.3 is 0 Å².